The summed E-state index contributed by atoms with van der Waals surface area (Å²) >= 11 is 0. The highest BCUT2D eigenvalue weighted by Crippen LogP contribution is 2.33. The third-order valence-electron chi connectivity index (χ3n) is 3.77. The second-order valence-corrected chi connectivity index (χ2v) is 5.14. The molecule has 0 atom stereocenters. The molecule has 0 aromatic carbocycles. The third kappa shape index (κ3) is 3.91. The standard InChI is InChI=1S/C14H20N2O3/c1-11(18)19-9-7-12-2-4-14(5-3-12)16-8-6-13(10-17)15-16/h6,8,10,12,14H,2-5,7,9H2,1H3. The normalized spacial score (nSPS) is 23.0. The molecule has 0 spiro atoms. The van der Waals surface area contributed by atoms with Gasteiger partial charge in [0.2, 0.25) is 0 Å². The molecule has 19 heavy (non-hydrogen) atoms. The van der Waals surface area contributed by atoms with Gasteiger partial charge in [0.1, 0.15) is 5.69 Å². The zero-order valence-electron chi connectivity index (χ0n) is 11.2. The van der Waals surface area contributed by atoms with Gasteiger partial charge in [-0.15, -0.1) is 0 Å². The molecule has 1 heterocycles. The van der Waals surface area contributed by atoms with E-state index in [2.05, 4.69) is 5.10 Å². The van der Waals surface area contributed by atoms with Crippen molar-refractivity contribution in [1.82, 2.24) is 9.78 Å². The number of ether oxygens (including phenoxy) is 1. The number of aldehydes is 1. The van der Waals surface area contributed by atoms with E-state index in [9.17, 15) is 9.59 Å². The largest absolute Gasteiger partial charge is 0.466 e. The van der Waals surface area contributed by atoms with E-state index in [-0.39, 0.29) is 5.97 Å². The molecule has 5 nitrogen and oxygen atoms in total. The van der Waals surface area contributed by atoms with Crippen LogP contribution in [0, 0.1) is 5.92 Å². The van der Waals surface area contributed by atoms with Gasteiger partial charge in [-0.05, 0) is 44.1 Å². The summed E-state index contributed by atoms with van der Waals surface area (Å²) in [6.45, 7) is 1.97. The Hall–Kier alpha value is -1.65. The highest BCUT2D eigenvalue weighted by molar-refractivity contribution is 5.71. The molecule has 1 aromatic rings. The Balaban J connectivity index is 1.75. The molecule has 1 aliphatic rings. The van der Waals surface area contributed by atoms with Crippen LogP contribution in [0.4, 0.5) is 0 Å². The molecule has 0 saturated heterocycles. The number of aromatic nitrogens is 2. The van der Waals surface area contributed by atoms with Gasteiger partial charge in [-0.1, -0.05) is 0 Å². The lowest BCUT2D eigenvalue weighted by Crippen LogP contribution is -2.20. The van der Waals surface area contributed by atoms with E-state index in [0.29, 0.717) is 24.3 Å². The van der Waals surface area contributed by atoms with Crippen LogP contribution in [0.3, 0.4) is 0 Å². The Kier molecular flexibility index (Phi) is 4.71. The van der Waals surface area contributed by atoms with E-state index in [0.717, 1.165) is 38.4 Å². The van der Waals surface area contributed by atoms with Crippen molar-refractivity contribution in [3.05, 3.63) is 18.0 Å². The Morgan fingerprint density at radius 1 is 1.47 bits per heavy atom. The first-order chi connectivity index (χ1) is 9.19. The Labute approximate surface area is 112 Å². The molecule has 104 valence electrons. The second kappa shape index (κ2) is 6.50. The highest BCUT2D eigenvalue weighted by Gasteiger charge is 2.22. The molecule has 2 rings (SSSR count). The van der Waals surface area contributed by atoms with Crippen LogP contribution >= 0.6 is 0 Å². The molecule has 0 amide bonds. The zero-order valence-corrected chi connectivity index (χ0v) is 11.2. The van der Waals surface area contributed by atoms with Gasteiger partial charge in [-0.3, -0.25) is 14.3 Å². The summed E-state index contributed by atoms with van der Waals surface area (Å²) in [4.78, 5) is 21.3. The van der Waals surface area contributed by atoms with Crippen molar-refractivity contribution < 1.29 is 14.3 Å². The second-order valence-electron chi connectivity index (χ2n) is 5.14. The molecule has 1 fully saturated rings. The molecule has 0 radical (unpaired) electrons. The molecule has 0 N–H and O–H groups in total. The maximum atomic E-state index is 10.7. The summed E-state index contributed by atoms with van der Waals surface area (Å²) in [7, 11) is 0. The number of carbonyl (C=O) groups is 2. The Bertz CT molecular complexity index is 434. The average Bonchev–Trinajstić information content (AvgIpc) is 2.88. The van der Waals surface area contributed by atoms with E-state index in [1.807, 2.05) is 10.9 Å². The fourth-order valence-corrected chi connectivity index (χ4v) is 2.69. The SMILES string of the molecule is CC(=O)OCCC1CCC(n2ccc(C=O)n2)CC1. The van der Waals surface area contributed by atoms with Crippen LogP contribution in [0.15, 0.2) is 12.3 Å². The number of hydrogen-bond donors (Lipinski definition) is 0. The maximum Gasteiger partial charge on any atom is 0.302 e. The first kappa shape index (κ1) is 13.8. The van der Waals surface area contributed by atoms with Gasteiger partial charge in [0.05, 0.1) is 12.6 Å². The molecular formula is C14H20N2O3. The first-order valence-electron chi connectivity index (χ1n) is 6.82. The van der Waals surface area contributed by atoms with Crippen molar-refractivity contribution in [2.45, 2.75) is 45.1 Å². The predicted molar refractivity (Wildman–Crippen MR) is 69.9 cm³/mol. The third-order valence-corrected chi connectivity index (χ3v) is 3.77. The monoisotopic (exact) mass is 264 g/mol. The topological polar surface area (TPSA) is 61.2 Å². The van der Waals surface area contributed by atoms with Gasteiger partial charge in [0.15, 0.2) is 6.29 Å². The lowest BCUT2D eigenvalue weighted by atomic mass is 9.84. The van der Waals surface area contributed by atoms with E-state index < -0.39 is 0 Å². The number of carbonyl (C=O) groups excluding carboxylic acids is 2. The Morgan fingerprint density at radius 2 is 2.21 bits per heavy atom. The summed E-state index contributed by atoms with van der Waals surface area (Å²) < 4.78 is 6.89. The van der Waals surface area contributed by atoms with Crippen molar-refractivity contribution in [1.29, 1.82) is 0 Å². The van der Waals surface area contributed by atoms with Gasteiger partial charge >= 0.3 is 5.97 Å². The van der Waals surface area contributed by atoms with Gasteiger partial charge in [0.25, 0.3) is 0 Å². The molecule has 1 aliphatic carbocycles. The number of hydrogen-bond acceptors (Lipinski definition) is 4. The maximum absolute atomic E-state index is 10.7. The van der Waals surface area contributed by atoms with Gasteiger partial charge in [0, 0.05) is 13.1 Å². The molecule has 1 saturated carbocycles. The molecular weight excluding hydrogens is 244 g/mol. The molecule has 0 bridgehead atoms. The fraction of sp³-hybridized carbons (Fsp3) is 0.643. The fourth-order valence-electron chi connectivity index (χ4n) is 2.69. The van der Waals surface area contributed by atoms with Crippen LogP contribution in [0.2, 0.25) is 0 Å². The summed E-state index contributed by atoms with van der Waals surface area (Å²) in [5, 5.41) is 4.24. The molecule has 1 aromatic heterocycles. The summed E-state index contributed by atoms with van der Waals surface area (Å²) in [6.07, 6.45) is 8.01. The van der Waals surface area contributed by atoms with Crippen molar-refractivity contribution in [3.63, 3.8) is 0 Å². The van der Waals surface area contributed by atoms with Gasteiger partial charge < -0.3 is 4.74 Å². The van der Waals surface area contributed by atoms with Crippen LogP contribution in [-0.2, 0) is 9.53 Å². The van der Waals surface area contributed by atoms with Crippen molar-refractivity contribution in [2.75, 3.05) is 6.61 Å². The van der Waals surface area contributed by atoms with Crippen molar-refractivity contribution in [2.24, 2.45) is 5.92 Å². The minimum absolute atomic E-state index is 0.202. The minimum Gasteiger partial charge on any atom is -0.466 e. The van der Waals surface area contributed by atoms with Gasteiger partial charge in [-0.2, -0.15) is 5.10 Å². The quantitative estimate of drug-likeness (QED) is 0.605. The summed E-state index contributed by atoms with van der Waals surface area (Å²) in [6, 6.07) is 2.15. The summed E-state index contributed by atoms with van der Waals surface area (Å²) in [5.74, 6) is 0.434. The molecule has 0 unspecified atom stereocenters. The van der Waals surface area contributed by atoms with Crippen LogP contribution in [0.25, 0.3) is 0 Å². The first-order valence-corrected chi connectivity index (χ1v) is 6.82. The predicted octanol–water partition coefficient (Wildman–Crippen LogP) is 2.38. The van der Waals surface area contributed by atoms with E-state index in [4.69, 9.17) is 4.74 Å². The van der Waals surface area contributed by atoms with Crippen LogP contribution in [-0.4, -0.2) is 28.6 Å². The number of rotatable bonds is 5. The highest BCUT2D eigenvalue weighted by atomic mass is 16.5. The molecule has 5 heteroatoms. The number of nitrogens with zero attached hydrogens (tertiary/aromatic N) is 2. The van der Waals surface area contributed by atoms with Crippen molar-refractivity contribution in [3.8, 4) is 0 Å². The Morgan fingerprint density at radius 3 is 2.79 bits per heavy atom. The average molecular weight is 264 g/mol. The smallest absolute Gasteiger partial charge is 0.302 e. The van der Waals surface area contributed by atoms with Crippen molar-refractivity contribution >= 4 is 12.3 Å². The van der Waals surface area contributed by atoms with E-state index >= 15 is 0 Å². The van der Waals surface area contributed by atoms with Gasteiger partial charge in [-0.25, -0.2) is 0 Å². The molecule has 0 aliphatic heterocycles. The minimum atomic E-state index is -0.202. The van der Waals surface area contributed by atoms with E-state index in [1.165, 1.54) is 6.92 Å². The van der Waals surface area contributed by atoms with Crippen LogP contribution in [0.5, 0.6) is 0 Å². The summed E-state index contributed by atoms with van der Waals surface area (Å²) in [5.41, 5.74) is 0.497. The lowest BCUT2D eigenvalue weighted by Gasteiger charge is -2.28. The van der Waals surface area contributed by atoms with E-state index in [1.54, 1.807) is 6.07 Å². The lowest BCUT2D eigenvalue weighted by molar-refractivity contribution is -0.141. The van der Waals surface area contributed by atoms with Crippen LogP contribution in [0.1, 0.15) is 55.6 Å². The van der Waals surface area contributed by atoms with Crippen LogP contribution < -0.4 is 0 Å². The zero-order chi connectivity index (χ0) is 13.7. The number of esters is 1.